The van der Waals surface area contributed by atoms with Crippen molar-refractivity contribution in [3.05, 3.63) is 65.6 Å². The van der Waals surface area contributed by atoms with Crippen LogP contribution in [0.4, 0.5) is 10.1 Å². The lowest BCUT2D eigenvalue weighted by Crippen LogP contribution is -2.28. The normalized spacial score (nSPS) is 15.4. The fourth-order valence-corrected chi connectivity index (χ4v) is 3.43. The second kappa shape index (κ2) is 5.48. The molecule has 0 saturated heterocycles. The summed E-state index contributed by atoms with van der Waals surface area (Å²) in [5.41, 5.74) is 3.20. The highest BCUT2D eigenvalue weighted by Crippen LogP contribution is 2.51. The fraction of sp³-hybridized carbons (Fsp3) is 0.250. The van der Waals surface area contributed by atoms with Gasteiger partial charge in [0.15, 0.2) is 0 Å². The predicted molar refractivity (Wildman–Crippen MR) is 93.6 cm³/mol. The van der Waals surface area contributed by atoms with Gasteiger partial charge in [-0.05, 0) is 54.7 Å². The number of anilines is 1. The summed E-state index contributed by atoms with van der Waals surface area (Å²) in [6.45, 7) is 2.08. The Bertz CT molecular complexity index is 924. The quantitative estimate of drug-likeness (QED) is 0.728. The first-order valence-corrected chi connectivity index (χ1v) is 8.30. The number of amides is 1. The predicted octanol–water partition coefficient (Wildman–Crippen LogP) is 4.54. The van der Waals surface area contributed by atoms with Gasteiger partial charge < -0.3 is 10.3 Å². The largest absolute Gasteiger partial charge is 0.361 e. The monoisotopic (exact) mass is 322 g/mol. The Morgan fingerprint density at radius 1 is 1.25 bits per heavy atom. The molecule has 0 radical (unpaired) electrons. The van der Waals surface area contributed by atoms with Crippen LogP contribution in [0.1, 0.15) is 30.9 Å². The van der Waals surface area contributed by atoms with Crippen LogP contribution in [0.5, 0.6) is 0 Å². The van der Waals surface area contributed by atoms with E-state index < -0.39 is 5.41 Å². The van der Waals surface area contributed by atoms with E-state index in [0.717, 1.165) is 47.0 Å². The molecule has 1 heterocycles. The van der Waals surface area contributed by atoms with Crippen molar-refractivity contribution in [1.82, 2.24) is 4.98 Å². The lowest BCUT2D eigenvalue weighted by atomic mass is 9.94. The molecule has 0 bridgehead atoms. The number of rotatable bonds is 4. The summed E-state index contributed by atoms with van der Waals surface area (Å²) in [6, 6.07) is 12.6. The molecule has 2 aromatic carbocycles. The zero-order chi connectivity index (χ0) is 16.7. The SMILES string of the molecule is CCc1ccccc1NC(=O)C1(c2c[nH]c3cc(F)ccc23)CC1. The number of fused-ring (bicyclic) bond motifs is 1. The number of hydrogen-bond donors (Lipinski definition) is 2. The Kier molecular flexibility index (Phi) is 3.41. The van der Waals surface area contributed by atoms with E-state index in [2.05, 4.69) is 17.2 Å². The first-order chi connectivity index (χ1) is 11.6. The van der Waals surface area contributed by atoms with Crippen LogP contribution in [0.3, 0.4) is 0 Å². The molecule has 0 atom stereocenters. The zero-order valence-electron chi connectivity index (χ0n) is 13.5. The molecule has 4 rings (SSSR count). The van der Waals surface area contributed by atoms with Crippen LogP contribution in [0.25, 0.3) is 10.9 Å². The number of para-hydroxylation sites is 1. The molecule has 1 aromatic heterocycles. The lowest BCUT2D eigenvalue weighted by molar-refractivity contribution is -0.118. The molecule has 0 unspecified atom stereocenters. The van der Waals surface area contributed by atoms with Gasteiger partial charge in [-0.1, -0.05) is 25.1 Å². The zero-order valence-corrected chi connectivity index (χ0v) is 13.5. The number of hydrogen-bond acceptors (Lipinski definition) is 1. The second-order valence-electron chi connectivity index (χ2n) is 6.44. The van der Waals surface area contributed by atoms with Crippen molar-refractivity contribution in [2.75, 3.05) is 5.32 Å². The van der Waals surface area contributed by atoms with Gasteiger partial charge in [0.1, 0.15) is 5.82 Å². The van der Waals surface area contributed by atoms with E-state index >= 15 is 0 Å². The molecule has 3 nitrogen and oxygen atoms in total. The molecule has 1 aliphatic rings. The van der Waals surface area contributed by atoms with Gasteiger partial charge in [-0.2, -0.15) is 0 Å². The molecule has 2 N–H and O–H groups in total. The topological polar surface area (TPSA) is 44.9 Å². The van der Waals surface area contributed by atoms with Crippen LogP contribution in [0.2, 0.25) is 0 Å². The molecule has 1 amide bonds. The summed E-state index contributed by atoms with van der Waals surface area (Å²) >= 11 is 0. The number of benzene rings is 2. The highest BCUT2D eigenvalue weighted by molar-refractivity contribution is 6.04. The number of carbonyl (C=O) groups excluding carboxylic acids is 1. The number of aryl methyl sites for hydroxylation is 1. The third-order valence-corrected chi connectivity index (χ3v) is 4.99. The van der Waals surface area contributed by atoms with E-state index in [4.69, 9.17) is 0 Å². The number of aromatic nitrogens is 1. The van der Waals surface area contributed by atoms with Gasteiger partial charge >= 0.3 is 0 Å². The molecule has 1 saturated carbocycles. The lowest BCUT2D eigenvalue weighted by Gasteiger charge is -2.17. The average molecular weight is 322 g/mol. The van der Waals surface area contributed by atoms with Gasteiger partial charge in [0.25, 0.3) is 0 Å². The Labute approximate surface area is 139 Å². The van der Waals surface area contributed by atoms with Gasteiger partial charge in [-0.25, -0.2) is 4.39 Å². The molecule has 4 heteroatoms. The fourth-order valence-electron chi connectivity index (χ4n) is 3.43. The minimum Gasteiger partial charge on any atom is -0.361 e. The van der Waals surface area contributed by atoms with Crippen molar-refractivity contribution in [3.8, 4) is 0 Å². The van der Waals surface area contributed by atoms with Gasteiger partial charge in [-0.15, -0.1) is 0 Å². The van der Waals surface area contributed by atoms with Crippen LogP contribution < -0.4 is 5.32 Å². The van der Waals surface area contributed by atoms with Gasteiger partial charge in [0.2, 0.25) is 5.91 Å². The standard InChI is InChI=1S/C20H19FN2O/c1-2-13-5-3-4-6-17(13)23-19(24)20(9-10-20)16-12-22-18-11-14(21)7-8-15(16)18/h3-8,11-12,22H,2,9-10H2,1H3,(H,23,24). The van der Waals surface area contributed by atoms with Gasteiger partial charge in [0.05, 0.1) is 5.41 Å². The Morgan fingerprint density at radius 2 is 2.04 bits per heavy atom. The molecule has 122 valence electrons. The molecule has 3 aromatic rings. The van der Waals surface area contributed by atoms with Crippen molar-refractivity contribution in [3.63, 3.8) is 0 Å². The molecule has 0 aliphatic heterocycles. The first-order valence-electron chi connectivity index (χ1n) is 8.30. The van der Waals surface area contributed by atoms with Crippen molar-refractivity contribution < 1.29 is 9.18 Å². The summed E-state index contributed by atoms with van der Waals surface area (Å²) in [5.74, 6) is -0.254. The summed E-state index contributed by atoms with van der Waals surface area (Å²) in [6.07, 6.45) is 4.35. The van der Waals surface area contributed by atoms with Crippen molar-refractivity contribution in [2.45, 2.75) is 31.6 Å². The minimum atomic E-state index is -0.503. The maximum atomic E-state index is 13.4. The number of aromatic amines is 1. The summed E-state index contributed by atoms with van der Waals surface area (Å²) in [5, 5.41) is 4.03. The van der Waals surface area contributed by atoms with Gasteiger partial charge in [-0.3, -0.25) is 4.79 Å². The number of carbonyl (C=O) groups is 1. The maximum absolute atomic E-state index is 13.4. The van der Waals surface area contributed by atoms with E-state index in [-0.39, 0.29) is 11.7 Å². The van der Waals surface area contributed by atoms with Crippen LogP contribution >= 0.6 is 0 Å². The summed E-state index contributed by atoms with van der Waals surface area (Å²) in [7, 11) is 0. The second-order valence-corrected chi connectivity index (χ2v) is 6.44. The van der Waals surface area contributed by atoms with Crippen LogP contribution in [-0.2, 0) is 16.6 Å². The summed E-state index contributed by atoms with van der Waals surface area (Å²) in [4.78, 5) is 16.1. The van der Waals surface area contributed by atoms with Crippen LogP contribution in [0.15, 0.2) is 48.7 Å². The maximum Gasteiger partial charge on any atom is 0.235 e. The Balaban J connectivity index is 1.68. The minimum absolute atomic E-state index is 0.0219. The summed E-state index contributed by atoms with van der Waals surface area (Å²) < 4.78 is 13.4. The van der Waals surface area contributed by atoms with Crippen molar-refractivity contribution >= 4 is 22.5 Å². The molecular weight excluding hydrogens is 303 g/mol. The van der Waals surface area contributed by atoms with E-state index in [1.807, 2.05) is 30.5 Å². The van der Waals surface area contributed by atoms with E-state index in [9.17, 15) is 9.18 Å². The van der Waals surface area contributed by atoms with E-state index in [0.29, 0.717) is 0 Å². The van der Waals surface area contributed by atoms with E-state index in [1.54, 1.807) is 6.07 Å². The molecule has 24 heavy (non-hydrogen) atoms. The molecule has 1 aliphatic carbocycles. The third kappa shape index (κ3) is 2.30. The molecule has 0 spiro atoms. The molecule has 1 fully saturated rings. The average Bonchev–Trinajstić information content (AvgIpc) is 3.29. The third-order valence-electron chi connectivity index (χ3n) is 4.99. The number of nitrogens with one attached hydrogen (secondary N) is 2. The molecular formula is C20H19FN2O. The van der Waals surface area contributed by atoms with Crippen molar-refractivity contribution in [2.24, 2.45) is 0 Å². The highest BCUT2D eigenvalue weighted by Gasteiger charge is 2.52. The number of H-pyrrole nitrogens is 1. The Hall–Kier alpha value is -2.62. The highest BCUT2D eigenvalue weighted by atomic mass is 19.1. The van der Waals surface area contributed by atoms with E-state index in [1.165, 1.54) is 12.1 Å². The first kappa shape index (κ1) is 14.9. The van der Waals surface area contributed by atoms with Gasteiger partial charge in [0, 0.05) is 22.8 Å². The number of halogens is 1. The Morgan fingerprint density at radius 3 is 2.79 bits per heavy atom. The van der Waals surface area contributed by atoms with Crippen LogP contribution in [0, 0.1) is 5.82 Å². The van der Waals surface area contributed by atoms with Crippen molar-refractivity contribution in [1.29, 1.82) is 0 Å². The smallest absolute Gasteiger partial charge is 0.235 e. The van der Waals surface area contributed by atoms with Crippen LogP contribution in [-0.4, -0.2) is 10.9 Å².